The molecule has 0 saturated heterocycles. The van der Waals surface area contributed by atoms with Crippen LogP contribution in [0.1, 0.15) is 5.56 Å². The van der Waals surface area contributed by atoms with Crippen LogP contribution in [0, 0.1) is 0 Å². The van der Waals surface area contributed by atoms with Crippen molar-refractivity contribution in [1.29, 1.82) is 0 Å². The first-order chi connectivity index (χ1) is 7.83. The van der Waals surface area contributed by atoms with Crippen molar-refractivity contribution in [3.05, 3.63) is 48.2 Å². The van der Waals surface area contributed by atoms with E-state index in [2.05, 4.69) is 4.98 Å². The number of pyridine rings is 1. The van der Waals surface area contributed by atoms with E-state index in [9.17, 15) is 0 Å². The number of nitrogens with zero attached hydrogens (tertiary/aromatic N) is 1. The monoisotopic (exact) mass is 233 g/mol. The summed E-state index contributed by atoms with van der Waals surface area (Å²) in [6.07, 6.45) is 1.78. The van der Waals surface area contributed by atoms with Gasteiger partial charge in [0.25, 0.3) is 0 Å². The second-order valence-electron chi connectivity index (χ2n) is 3.41. The van der Waals surface area contributed by atoms with Crippen LogP contribution in [0.3, 0.4) is 0 Å². The van der Waals surface area contributed by atoms with E-state index in [0.717, 1.165) is 22.6 Å². The number of hydrogen-bond donors (Lipinski definition) is 0. The molecule has 0 radical (unpaired) electrons. The smallest absolute Gasteiger partial charge is 0.118 e. The lowest BCUT2D eigenvalue weighted by atomic mass is 10.1. The van der Waals surface area contributed by atoms with Crippen molar-refractivity contribution >= 4 is 11.6 Å². The van der Waals surface area contributed by atoms with Crippen molar-refractivity contribution in [1.82, 2.24) is 4.98 Å². The maximum absolute atomic E-state index is 5.79. The Kier molecular flexibility index (Phi) is 3.42. The van der Waals surface area contributed by atoms with E-state index in [0.29, 0.717) is 5.88 Å². The van der Waals surface area contributed by atoms with Gasteiger partial charge in [-0.3, -0.25) is 4.98 Å². The highest BCUT2D eigenvalue weighted by Crippen LogP contribution is 2.21. The number of benzene rings is 1. The van der Waals surface area contributed by atoms with E-state index in [4.69, 9.17) is 16.3 Å². The van der Waals surface area contributed by atoms with Crippen molar-refractivity contribution < 1.29 is 4.74 Å². The van der Waals surface area contributed by atoms with Crippen LogP contribution in [0.4, 0.5) is 0 Å². The summed E-state index contributed by atoms with van der Waals surface area (Å²) in [5, 5.41) is 0. The first kappa shape index (κ1) is 11.0. The van der Waals surface area contributed by atoms with Gasteiger partial charge in [-0.15, -0.1) is 11.6 Å². The van der Waals surface area contributed by atoms with Crippen molar-refractivity contribution in [2.24, 2.45) is 0 Å². The van der Waals surface area contributed by atoms with E-state index >= 15 is 0 Å². The Bertz CT molecular complexity index is 468. The number of ether oxygens (including phenoxy) is 1. The van der Waals surface area contributed by atoms with Gasteiger partial charge in [0.2, 0.25) is 0 Å². The second kappa shape index (κ2) is 4.99. The molecule has 2 aromatic rings. The molecule has 0 amide bonds. The Balaban J connectivity index is 2.34. The van der Waals surface area contributed by atoms with E-state index in [1.165, 1.54) is 0 Å². The average molecular weight is 234 g/mol. The van der Waals surface area contributed by atoms with E-state index in [-0.39, 0.29) is 0 Å². The fourth-order valence-electron chi connectivity index (χ4n) is 1.48. The Morgan fingerprint density at radius 1 is 1.19 bits per heavy atom. The van der Waals surface area contributed by atoms with Gasteiger partial charge in [0, 0.05) is 17.6 Å². The quantitative estimate of drug-likeness (QED) is 0.757. The summed E-state index contributed by atoms with van der Waals surface area (Å²) in [6.45, 7) is 0. The number of methoxy groups -OCH3 is 1. The number of halogens is 1. The zero-order valence-electron chi connectivity index (χ0n) is 8.98. The van der Waals surface area contributed by atoms with Crippen LogP contribution < -0.4 is 4.74 Å². The van der Waals surface area contributed by atoms with Gasteiger partial charge in [0.1, 0.15) is 5.75 Å². The highest BCUT2D eigenvalue weighted by atomic mass is 35.5. The van der Waals surface area contributed by atoms with Crippen LogP contribution in [0.15, 0.2) is 42.6 Å². The van der Waals surface area contributed by atoms with Crippen molar-refractivity contribution in [3.8, 4) is 17.0 Å². The van der Waals surface area contributed by atoms with Gasteiger partial charge in [-0.25, -0.2) is 0 Å². The minimum absolute atomic E-state index is 0.506. The van der Waals surface area contributed by atoms with Crippen LogP contribution in [0.25, 0.3) is 11.3 Å². The highest BCUT2D eigenvalue weighted by molar-refractivity contribution is 6.17. The Morgan fingerprint density at radius 3 is 2.56 bits per heavy atom. The summed E-state index contributed by atoms with van der Waals surface area (Å²) in [7, 11) is 1.65. The number of alkyl halides is 1. The standard InChI is InChI=1S/C13H12ClNO/c1-16-12-4-2-11(3-5-12)13-8-10(9-14)6-7-15-13/h2-8H,9H2,1H3. The van der Waals surface area contributed by atoms with Crippen LogP contribution in [0.2, 0.25) is 0 Å². The zero-order valence-corrected chi connectivity index (χ0v) is 9.74. The third-order valence-corrected chi connectivity index (χ3v) is 2.67. The molecule has 1 aromatic carbocycles. The molecule has 0 saturated carbocycles. The Hall–Kier alpha value is -1.54. The predicted molar refractivity (Wildman–Crippen MR) is 65.8 cm³/mol. The molecule has 16 heavy (non-hydrogen) atoms. The molecule has 0 aliphatic heterocycles. The predicted octanol–water partition coefficient (Wildman–Crippen LogP) is 3.50. The topological polar surface area (TPSA) is 22.1 Å². The molecule has 0 N–H and O–H groups in total. The minimum Gasteiger partial charge on any atom is -0.497 e. The molecule has 1 aromatic heterocycles. The molecule has 0 atom stereocenters. The van der Waals surface area contributed by atoms with Crippen molar-refractivity contribution in [3.63, 3.8) is 0 Å². The van der Waals surface area contributed by atoms with E-state index in [1.54, 1.807) is 13.3 Å². The third-order valence-electron chi connectivity index (χ3n) is 2.36. The van der Waals surface area contributed by atoms with Gasteiger partial charge in [-0.1, -0.05) is 0 Å². The lowest BCUT2D eigenvalue weighted by Crippen LogP contribution is -1.87. The number of hydrogen-bond acceptors (Lipinski definition) is 2. The largest absolute Gasteiger partial charge is 0.497 e. The van der Waals surface area contributed by atoms with E-state index < -0.39 is 0 Å². The summed E-state index contributed by atoms with van der Waals surface area (Å²) in [4.78, 5) is 4.31. The van der Waals surface area contributed by atoms with Crippen LogP contribution in [-0.2, 0) is 5.88 Å². The molecule has 0 aliphatic carbocycles. The zero-order chi connectivity index (χ0) is 11.4. The van der Waals surface area contributed by atoms with E-state index in [1.807, 2.05) is 36.4 Å². The fraction of sp³-hybridized carbons (Fsp3) is 0.154. The van der Waals surface area contributed by atoms with Gasteiger partial charge < -0.3 is 4.74 Å². The van der Waals surface area contributed by atoms with Gasteiger partial charge in [-0.2, -0.15) is 0 Å². The molecule has 0 aliphatic rings. The highest BCUT2D eigenvalue weighted by Gasteiger charge is 2.00. The Morgan fingerprint density at radius 2 is 1.94 bits per heavy atom. The molecule has 3 heteroatoms. The van der Waals surface area contributed by atoms with Crippen LogP contribution in [-0.4, -0.2) is 12.1 Å². The van der Waals surface area contributed by atoms with Crippen LogP contribution in [0.5, 0.6) is 5.75 Å². The van der Waals surface area contributed by atoms with Crippen LogP contribution >= 0.6 is 11.6 Å². The SMILES string of the molecule is COc1ccc(-c2cc(CCl)ccn2)cc1. The van der Waals surface area contributed by atoms with Gasteiger partial charge in [-0.05, 0) is 42.0 Å². The van der Waals surface area contributed by atoms with Gasteiger partial charge >= 0.3 is 0 Å². The van der Waals surface area contributed by atoms with Crippen molar-refractivity contribution in [2.45, 2.75) is 5.88 Å². The molecule has 82 valence electrons. The first-order valence-electron chi connectivity index (χ1n) is 4.99. The summed E-state index contributed by atoms with van der Waals surface area (Å²) < 4.78 is 5.11. The fourth-order valence-corrected chi connectivity index (χ4v) is 1.64. The lowest BCUT2D eigenvalue weighted by Gasteiger charge is -2.04. The Labute approximate surface area is 99.9 Å². The second-order valence-corrected chi connectivity index (χ2v) is 3.68. The van der Waals surface area contributed by atoms with Crippen molar-refractivity contribution in [2.75, 3.05) is 7.11 Å². The maximum Gasteiger partial charge on any atom is 0.118 e. The maximum atomic E-state index is 5.79. The summed E-state index contributed by atoms with van der Waals surface area (Å²) in [5.74, 6) is 1.35. The molecule has 0 bridgehead atoms. The minimum atomic E-state index is 0.506. The summed E-state index contributed by atoms with van der Waals surface area (Å²) >= 11 is 5.79. The average Bonchev–Trinajstić information content (AvgIpc) is 2.39. The molecule has 2 nitrogen and oxygen atoms in total. The molecule has 0 spiro atoms. The third kappa shape index (κ3) is 2.34. The molecule has 2 rings (SSSR count). The summed E-state index contributed by atoms with van der Waals surface area (Å²) in [6, 6.07) is 11.7. The molecule has 0 unspecified atom stereocenters. The molecular weight excluding hydrogens is 222 g/mol. The summed E-state index contributed by atoms with van der Waals surface area (Å²) in [5.41, 5.74) is 3.07. The number of rotatable bonds is 3. The molecule has 0 fully saturated rings. The molecular formula is C13H12ClNO. The molecule has 1 heterocycles. The first-order valence-corrected chi connectivity index (χ1v) is 5.52. The van der Waals surface area contributed by atoms with Gasteiger partial charge in [0.05, 0.1) is 12.8 Å². The van der Waals surface area contributed by atoms with Gasteiger partial charge in [0.15, 0.2) is 0 Å². The normalized spacial score (nSPS) is 10.1. The lowest BCUT2D eigenvalue weighted by molar-refractivity contribution is 0.415. The number of aromatic nitrogens is 1.